The van der Waals surface area contributed by atoms with Crippen LogP contribution in [0.3, 0.4) is 0 Å². The van der Waals surface area contributed by atoms with Crippen molar-refractivity contribution in [1.82, 2.24) is 4.90 Å². The molecule has 0 aromatic carbocycles. The summed E-state index contributed by atoms with van der Waals surface area (Å²) < 4.78 is 0. The van der Waals surface area contributed by atoms with E-state index in [9.17, 15) is 9.59 Å². The smallest absolute Gasteiger partial charge is 0.303 e. The van der Waals surface area contributed by atoms with Gasteiger partial charge in [0.25, 0.3) is 0 Å². The lowest BCUT2D eigenvalue weighted by Gasteiger charge is -2.35. The lowest BCUT2D eigenvalue weighted by molar-refractivity contribution is -0.139. The average Bonchev–Trinajstić information content (AvgIpc) is 2.69. The molecule has 5 nitrogen and oxygen atoms in total. The molecule has 3 N–H and O–H groups in total. The maximum Gasteiger partial charge on any atom is 0.303 e. The molecule has 0 bridgehead atoms. The molecule has 0 aromatic heterocycles. The Balaban J connectivity index is 1.80. The van der Waals surface area contributed by atoms with Crippen molar-refractivity contribution in [2.24, 2.45) is 17.6 Å². The van der Waals surface area contributed by atoms with E-state index in [1.807, 2.05) is 4.90 Å². The Hall–Kier alpha value is -1.10. The zero-order chi connectivity index (χ0) is 15.2. The van der Waals surface area contributed by atoms with Gasteiger partial charge in [0.15, 0.2) is 0 Å². The molecule has 5 heteroatoms. The molecule has 0 spiro atoms. The molecular weight excluding hydrogens is 268 g/mol. The molecule has 21 heavy (non-hydrogen) atoms. The van der Waals surface area contributed by atoms with Crippen LogP contribution in [0, 0.1) is 11.8 Å². The van der Waals surface area contributed by atoms with Crippen LogP contribution < -0.4 is 5.73 Å². The van der Waals surface area contributed by atoms with Gasteiger partial charge in [0.1, 0.15) is 0 Å². The number of likely N-dealkylation sites (tertiary alicyclic amines) is 1. The summed E-state index contributed by atoms with van der Waals surface area (Å²) >= 11 is 0. The molecule has 1 saturated heterocycles. The van der Waals surface area contributed by atoms with Crippen LogP contribution >= 0.6 is 0 Å². The lowest BCUT2D eigenvalue weighted by Crippen LogP contribution is -2.46. The minimum absolute atomic E-state index is 0.00284. The highest BCUT2D eigenvalue weighted by Gasteiger charge is 2.32. The molecule has 2 unspecified atom stereocenters. The fraction of sp³-hybridized carbons (Fsp3) is 0.875. The topological polar surface area (TPSA) is 83.6 Å². The van der Waals surface area contributed by atoms with Gasteiger partial charge in [-0.2, -0.15) is 0 Å². The number of aliphatic carboxylic acids is 1. The normalized spacial score (nSPS) is 28.1. The van der Waals surface area contributed by atoms with Gasteiger partial charge >= 0.3 is 5.97 Å². The van der Waals surface area contributed by atoms with Crippen LogP contribution in [0.15, 0.2) is 0 Å². The van der Waals surface area contributed by atoms with E-state index < -0.39 is 5.97 Å². The van der Waals surface area contributed by atoms with Crippen LogP contribution in [0.4, 0.5) is 0 Å². The minimum atomic E-state index is -0.724. The third-order valence-electron chi connectivity index (χ3n) is 5.08. The van der Waals surface area contributed by atoms with Crippen LogP contribution in [0.5, 0.6) is 0 Å². The van der Waals surface area contributed by atoms with Crippen molar-refractivity contribution >= 4 is 11.9 Å². The monoisotopic (exact) mass is 296 g/mol. The second-order valence-corrected chi connectivity index (χ2v) is 6.61. The van der Waals surface area contributed by atoms with E-state index in [4.69, 9.17) is 10.8 Å². The Morgan fingerprint density at radius 1 is 1.05 bits per heavy atom. The predicted octanol–water partition coefficient (Wildman–Crippen LogP) is 2.00. The van der Waals surface area contributed by atoms with Crippen molar-refractivity contribution in [3.8, 4) is 0 Å². The number of carbonyl (C=O) groups excluding carboxylic acids is 1. The van der Waals surface area contributed by atoms with Crippen molar-refractivity contribution in [1.29, 1.82) is 0 Å². The van der Waals surface area contributed by atoms with Gasteiger partial charge in [-0.1, -0.05) is 19.3 Å². The first-order chi connectivity index (χ1) is 10.1. The lowest BCUT2D eigenvalue weighted by atomic mass is 9.89. The first kappa shape index (κ1) is 16.3. The van der Waals surface area contributed by atoms with E-state index in [0.717, 1.165) is 58.0 Å². The van der Waals surface area contributed by atoms with Gasteiger partial charge in [0.2, 0.25) is 5.91 Å². The summed E-state index contributed by atoms with van der Waals surface area (Å²) in [4.78, 5) is 25.2. The first-order valence-corrected chi connectivity index (χ1v) is 8.34. The Kier molecular flexibility index (Phi) is 6.03. The molecule has 0 radical (unpaired) electrons. The zero-order valence-corrected chi connectivity index (χ0v) is 12.8. The number of carbonyl (C=O) groups is 2. The van der Waals surface area contributed by atoms with E-state index in [2.05, 4.69) is 0 Å². The van der Waals surface area contributed by atoms with Gasteiger partial charge in [-0.3, -0.25) is 9.59 Å². The Labute approximate surface area is 126 Å². The van der Waals surface area contributed by atoms with Crippen LogP contribution in [0.25, 0.3) is 0 Å². The number of nitrogens with zero attached hydrogens (tertiary/aromatic N) is 1. The Bertz CT molecular complexity index is 365. The highest BCUT2D eigenvalue weighted by atomic mass is 16.4. The van der Waals surface area contributed by atoms with Crippen molar-refractivity contribution in [2.75, 3.05) is 13.1 Å². The van der Waals surface area contributed by atoms with E-state index in [0.29, 0.717) is 5.92 Å². The van der Waals surface area contributed by atoms with Gasteiger partial charge in [-0.15, -0.1) is 0 Å². The van der Waals surface area contributed by atoms with Crippen LogP contribution in [-0.4, -0.2) is 41.0 Å². The number of nitrogens with two attached hydrogens (primary N) is 1. The fourth-order valence-electron chi connectivity index (χ4n) is 3.65. The summed E-state index contributed by atoms with van der Waals surface area (Å²) in [6.45, 7) is 1.54. The molecule has 2 rings (SSSR count). The van der Waals surface area contributed by atoms with E-state index in [1.54, 1.807) is 0 Å². The number of hydrogen-bond acceptors (Lipinski definition) is 3. The molecule has 2 fully saturated rings. The third-order valence-corrected chi connectivity index (χ3v) is 5.08. The van der Waals surface area contributed by atoms with Crippen molar-refractivity contribution in [3.05, 3.63) is 0 Å². The second-order valence-electron chi connectivity index (χ2n) is 6.61. The van der Waals surface area contributed by atoms with E-state index >= 15 is 0 Å². The SMILES string of the molecule is NC1CCCCCC1C(=O)N1CCC(CCC(=O)O)CC1. The van der Waals surface area contributed by atoms with E-state index in [1.165, 1.54) is 6.42 Å². The number of amides is 1. The Morgan fingerprint density at radius 2 is 1.71 bits per heavy atom. The van der Waals surface area contributed by atoms with Gasteiger partial charge in [0.05, 0.1) is 5.92 Å². The summed E-state index contributed by atoms with van der Waals surface area (Å²) in [7, 11) is 0. The standard InChI is InChI=1S/C16H28N2O3/c17-14-5-3-1-2-4-13(14)16(21)18-10-8-12(9-11-18)6-7-15(19)20/h12-14H,1-11,17H2,(H,19,20). The van der Waals surface area contributed by atoms with Gasteiger partial charge in [-0.05, 0) is 38.0 Å². The van der Waals surface area contributed by atoms with Gasteiger partial charge in [0, 0.05) is 25.6 Å². The summed E-state index contributed by atoms with van der Waals surface area (Å²) in [5, 5.41) is 8.73. The molecule has 0 aromatic rings. The third kappa shape index (κ3) is 4.70. The summed E-state index contributed by atoms with van der Waals surface area (Å²) in [5.74, 6) is -0.0324. The number of piperidine rings is 1. The maximum atomic E-state index is 12.6. The molecule has 1 aliphatic heterocycles. The molecule has 1 saturated carbocycles. The Morgan fingerprint density at radius 3 is 2.38 bits per heavy atom. The molecule has 1 amide bonds. The number of rotatable bonds is 4. The summed E-state index contributed by atoms with van der Waals surface area (Å²) in [5.41, 5.74) is 6.18. The van der Waals surface area contributed by atoms with Gasteiger partial charge in [-0.25, -0.2) is 0 Å². The second kappa shape index (κ2) is 7.78. The highest BCUT2D eigenvalue weighted by Crippen LogP contribution is 2.27. The van der Waals surface area contributed by atoms with Crippen LogP contribution in [0.2, 0.25) is 0 Å². The maximum absolute atomic E-state index is 12.6. The molecule has 1 aliphatic carbocycles. The largest absolute Gasteiger partial charge is 0.481 e. The van der Waals surface area contributed by atoms with E-state index in [-0.39, 0.29) is 24.3 Å². The van der Waals surface area contributed by atoms with Crippen LogP contribution in [-0.2, 0) is 9.59 Å². The summed E-state index contributed by atoms with van der Waals surface area (Å²) in [6.07, 6.45) is 8.18. The molecule has 1 heterocycles. The molecule has 2 aliphatic rings. The molecular formula is C16H28N2O3. The summed E-state index contributed by atoms with van der Waals surface area (Å²) in [6, 6.07) is 0.0183. The van der Waals surface area contributed by atoms with Crippen molar-refractivity contribution in [2.45, 2.75) is 63.8 Å². The molecule has 2 atom stereocenters. The minimum Gasteiger partial charge on any atom is -0.481 e. The quantitative estimate of drug-likeness (QED) is 0.777. The highest BCUT2D eigenvalue weighted by molar-refractivity contribution is 5.79. The average molecular weight is 296 g/mol. The zero-order valence-electron chi connectivity index (χ0n) is 12.8. The van der Waals surface area contributed by atoms with Crippen molar-refractivity contribution < 1.29 is 14.7 Å². The number of carboxylic acid groups (broad SMARTS) is 1. The van der Waals surface area contributed by atoms with Gasteiger partial charge < -0.3 is 15.7 Å². The van der Waals surface area contributed by atoms with Crippen molar-refractivity contribution in [3.63, 3.8) is 0 Å². The fourth-order valence-corrected chi connectivity index (χ4v) is 3.65. The number of carboxylic acids is 1. The number of hydrogen-bond donors (Lipinski definition) is 2. The molecule has 120 valence electrons. The first-order valence-electron chi connectivity index (χ1n) is 8.34. The van der Waals surface area contributed by atoms with Crippen LogP contribution in [0.1, 0.15) is 57.8 Å². The predicted molar refractivity (Wildman–Crippen MR) is 80.7 cm³/mol.